The molecule has 1 aromatic heterocycles. The van der Waals surface area contributed by atoms with Crippen LogP contribution in [0, 0.1) is 0 Å². The normalized spacial score (nSPS) is 14.8. The van der Waals surface area contributed by atoms with E-state index in [0.29, 0.717) is 11.3 Å². The van der Waals surface area contributed by atoms with Gasteiger partial charge in [0.05, 0.1) is 26.1 Å². The number of esters is 1. The average Bonchev–Trinajstić information content (AvgIpc) is 3.28. The lowest BCUT2D eigenvalue weighted by Crippen LogP contribution is -2.29. The van der Waals surface area contributed by atoms with Gasteiger partial charge in [0, 0.05) is 5.56 Å². The molecule has 1 atom stereocenters. The number of anilines is 1. The Kier molecular flexibility index (Phi) is 4.55. The topological polar surface area (TPSA) is 118 Å². The van der Waals surface area contributed by atoms with E-state index in [2.05, 4.69) is 10.4 Å². The number of carbonyl (C=O) groups excluding carboxylic acids is 2. The Morgan fingerprint density at radius 2 is 1.93 bits per heavy atom. The van der Waals surface area contributed by atoms with Gasteiger partial charge in [-0.05, 0) is 24.3 Å². The Morgan fingerprint density at radius 3 is 2.62 bits per heavy atom. The van der Waals surface area contributed by atoms with Crippen LogP contribution in [0.5, 0.6) is 11.5 Å². The Balaban J connectivity index is 1.62. The van der Waals surface area contributed by atoms with Gasteiger partial charge < -0.3 is 25.3 Å². The van der Waals surface area contributed by atoms with Crippen LogP contribution < -0.4 is 20.5 Å². The van der Waals surface area contributed by atoms with Gasteiger partial charge in [-0.25, -0.2) is 9.48 Å². The van der Waals surface area contributed by atoms with Crippen molar-refractivity contribution in [3.05, 3.63) is 65.4 Å². The fraction of sp³-hybridized carbons (Fsp3) is 0.150. The zero-order valence-electron chi connectivity index (χ0n) is 15.7. The number of aromatic nitrogens is 2. The highest BCUT2D eigenvalue weighted by Crippen LogP contribution is 2.41. The van der Waals surface area contributed by atoms with E-state index in [0.717, 1.165) is 5.69 Å². The third kappa shape index (κ3) is 3.02. The quantitative estimate of drug-likeness (QED) is 0.636. The Labute approximate surface area is 166 Å². The lowest BCUT2D eigenvalue weighted by Gasteiger charge is -2.14. The Hall–Kier alpha value is -4.01. The van der Waals surface area contributed by atoms with Crippen LogP contribution in [0.25, 0.3) is 5.69 Å². The number of methoxy groups -OCH3 is 2. The van der Waals surface area contributed by atoms with E-state index in [1.54, 1.807) is 12.1 Å². The van der Waals surface area contributed by atoms with E-state index in [1.807, 2.05) is 30.3 Å². The summed E-state index contributed by atoms with van der Waals surface area (Å²) in [6.45, 7) is 0. The highest BCUT2D eigenvalue weighted by atomic mass is 16.6. The summed E-state index contributed by atoms with van der Waals surface area (Å²) in [5.41, 5.74) is 7.68. The fourth-order valence-corrected chi connectivity index (χ4v) is 3.21. The van der Waals surface area contributed by atoms with Crippen LogP contribution in [0.15, 0.2) is 48.7 Å². The van der Waals surface area contributed by atoms with Crippen molar-refractivity contribution in [2.45, 2.75) is 6.23 Å². The molecule has 1 aliphatic heterocycles. The first-order valence-electron chi connectivity index (χ1n) is 8.70. The molecule has 0 radical (unpaired) electrons. The van der Waals surface area contributed by atoms with Crippen molar-refractivity contribution in [2.75, 3.05) is 20.0 Å². The first kappa shape index (κ1) is 18.4. The van der Waals surface area contributed by atoms with Crippen LogP contribution in [-0.2, 0) is 4.74 Å². The first-order valence-corrected chi connectivity index (χ1v) is 8.70. The molecule has 2 aromatic carbocycles. The van der Waals surface area contributed by atoms with Gasteiger partial charge in [0.1, 0.15) is 16.9 Å². The Morgan fingerprint density at radius 1 is 1.17 bits per heavy atom. The maximum atomic E-state index is 12.8. The monoisotopic (exact) mass is 394 g/mol. The third-order valence-corrected chi connectivity index (χ3v) is 4.60. The number of fused-ring (bicyclic) bond motifs is 1. The molecule has 4 rings (SSSR count). The number of nitrogens with zero attached hydrogens (tertiary/aromatic N) is 2. The van der Waals surface area contributed by atoms with Gasteiger partial charge in [-0.3, -0.25) is 4.79 Å². The van der Waals surface area contributed by atoms with Gasteiger partial charge in [0.15, 0.2) is 11.5 Å². The molecule has 2 heterocycles. The number of nitrogen functional groups attached to an aromatic ring is 1. The third-order valence-electron chi connectivity index (χ3n) is 4.60. The number of carbonyl (C=O) groups is 2. The predicted molar refractivity (Wildman–Crippen MR) is 103 cm³/mol. The number of amides is 1. The van der Waals surface area contributed by atoms with Crippen molar-refractivity contribution in [1.29, 1.82) is 0 Å². The molecule has 0 saturated heterocycles. The van der Waals surface area contributed by atoms with Crippen LogP contribution >= 0.6 is 0 Å². The van der Waals surface area contributed by atoms with Gasteiger partial charge in [-0.15, -0.1) is 0 Å². The maximum absolute atomic E-state index is 12.8. The van der Waals surface area contributed by atoms with Gasteiger partial charge in [0.2, 0.25) is 6.23 Å². The van der Waals surface area contributed by atoms with Crippen LogP contribution in [-0.4, -0.2) is 35.9 Å². The average molecular weight is 394 g/mol. The SMILES string of the molecule is COc1ccc2c(c1OC)C(=O)O[C@@H]2NC(=O)c1cnn(-c2ccccc2)c1N. The van der Waals surface area contributed by atoms with Crippen molar-refractivity contribution >= 4 is 17.7 Å². The lowest BCUT2D eigenvalue weighted by molar-refractivity contribution is 0.0302. The van der Waals surface area contributed by atoms with Crippen molar-refractivity contribution in [3.63, 3.8) is 0 Å². The minimum atomic E-state index is -0.982. The second-order valence-corrected chi connectivity index (χ2v) is 6.21. The molecule has 3 N–H and O–H groups in total. The Bertz CT molecular complexity index is 1090. The fourth-order valence-electron chi connectivity index (χ4n) is 3.21. The second kappa shape index (κ2) is 7.19. The van der Waals surface area contributed by atoms with Gasteiger partial charge in [-0.1, -0.05) is 18.2 Å². The number of hydrogen-bond donors (Lipinski definition) is 2. The number of nitrogens with one attached hydrogen (secondary N) is 1. The summed E-state index contributed by atoms with van der Waals surface area (Å²) < 4.78 is 17.3. The van der Waals surface area contributed by atoms with E-state index < -0.39 is 18.1 Å². The van der Waals surface area contributed by atoms with Crippen molar-refractivity contribution < 1.29 is 23.8 Å². The zero-order valence-corrected chi connectivity index (χ0v) is 15.7. The molecule has 0 fully saturated rings. The number of cyclic esters (lactones) is 1. The molecule has 3 aromatic rings. The number of nitrogens with two attached hydrogens (primary N) is 1. The van der Waals surface area contributed by atoms with Crippen molar-refractivity contribution in [1.82, 2.24) is 15.1 Å². The van der Waals surface area contributed by atoms with E-state index in [1.165, 1.54) is 25.1 Å². The number of hydrogen-bond acceptors (Lipinski definition) is 7. The highest BCUT2D eigenvalue weighted by molar-refractivity contribution is 6.01. The van der Waals surface area contributed by atoms with Crippen LogP contribution in [0.4, 0.5) is 5.82 Å². The van der Waals surface area contributed by atoms with Crippen LogP contribution in [0.1, 0.15) is 32.5 Å². The molecule has 148 valence electrons. The van der Waals surface area contributed by atoms with E-state index in [-0.39, 0.29) is 22.7 Å². The summed E-state index contributed by atoms with van der Waals surface area (Å²) in [5.74, 6) is -0.323. The largest absolute Gasteiger partial charge is 0.493 e. The number of para-hydroxylation sites is 1. The summed E-state index contributed by atoms with van der Waals surface area (Å²) in [7, 11) is 2.90. The molecule has 1 aliphatic rings. The van der Waals surface area contributed by atoms with Gasteiger partial charge in [-0.2, -0.15) is 5.10 Å². The van der Waals surface area contributed by atoms with E-state index >= 15 is 0 Å². The summed E-state index contributed by atoms with van der Waals surface area (Å²) in [5, 5.41) is 6.84. The second-order valence-electron chi connectivity index (χ2n) is 6.21. The summed E-state index contributed by atoms with van der Waals surface area (Å²) in [4.78, 5) is 25.1. The molecular weight excluding hydrogens is 376 g/mol. The minimum absolute atomic E-state index is 0.166. The first-order chi connectivity index (χ1) is 14.0. The van der Waals surface area contributed by atoms with Crippen LogP contribution in [0.2, 0.25) is 0 Å². The minimum Gasteiger partial charge on any atom is -0.493 e. The summed E-state index contributed by atoms with van der Waals surface area (Å²) >= 11 is 0. The molecule has 0 saturated carbocycles. The highest BCUT2D eigenvalue weighted by Gasteiger charge is 2.37. The molecule has 0 unspecified atom stereocenters. The number of ether oxygens (including phenoxy) is 3. The zero-order chi connectivity index (χ0) is 20.5. The molecule has 1 amide bonds. The molecule has 0 spiro atoms. The predicted octanol–water partition coefficient (Wildman–Crippen LogP) is 2.07. The van der Waals surface area contributed by atoms with Crippen LogP contribution in [0.3, 0.4) is 0 Å². The standard InChI is InChI=1S/C20H18N4O5/c1-27-14-9-8-12-15(16(14)28-2)20(26)29-19(12)23-18(25)13-10-22-24(17(13)21)11-6-4-3-5-7-11/h3-10,19H,21H2,1-2H3,(H,23,25)/t19-/m0/s1. The number of benzene rings is 2. The summed E-state index contributed by atoms with van der Waals surface area (Å²) in [6.07, 6.45) is 0.383. The molecule has 29 heavy (non-hydrogen) atoms. The summed E-state index contributed by atoms with van der Waals surface area (Å²) in [6, 6.07) is 12.5. The molecule has 0 bridgehead atoms. The van der Waals surface area contributed by atoms with E-state index in [9.17, 15) is 9.59 Å². The van der Waals surface area contributed by atoms with Crippen molar-refractivity contribution in [3.8, 4) is 17.2 Å². The van der Waals surface area contributed by atoms with E-state index in [4.69, 9.17) is 19.9 Å². The maximum Gasteiger partial charge on any atom is 0.344 e. The molecule has 0 aliphatic carbocycles. The molecule has 9 heteroatoms. The molecular formula is C20H18N4O5. The lowest BCUT2D eigenvalue weighted by atomic mass is 10.1. The van der Waals surface area contributed by atoms with Gasteiger partial charge in [0.25, 0.3) is 5.91 Å². The molecule has 9 nitrogen and oxygen atoms in total. The number of rotatable bonds is 5. The smallest absolute Gasteiger partial charge is 0.344 e. The van der Waals surface area contributed by atoms with Crippen molar-refractivity contribution in [2.24, 2.45) is 0 Å². The van der Waals surface area contributed by atoms with Gasteiger partial charge >= 0.3 is 5.97 Å².